The van der Waals surface area contributed by atoms with Crippen molar-refractivity contribution in [1.82, 2.24) is 10.2 Å². The average Bonchev–Trinajstić information content (AvgIpc) is 2.41. The molecule has 0 aliphatic rings. The van der Waals surface area contributed by atoms with Crippen LogP contribution in [-0.2, 0) is 4.74 Å². The summed E-state index contributed by atoms with van der Waals surface area (Å²) >= 11 is 6.02. The van der Waals surface area contributed by atoms with E-state index in [9.17, 15) is 0 Å². The fraction of sp³-hybridized carbons (Fsp3) is 0.600. The van der Waals surface area contributed by atoms with Crippen LogP contribution in [0.5, 0.6) is 0 Å². The van der Waals surface area contributed by atoms with Gasteiger partial charge in [0.25, 0.3) is 0 Å². The van der Waals surface area contributed by atoms with E-state index in [0.717, 1.165) is 37.9 Å². The second-order valence-corrected chi connectivity index (χ2v) is 5.09. The van der Waals surface area contributed by atoms with E-state index in [0.29, 0.717) is 6.04 Å². The van der Waals surface area contributed by atoms with Crippen molar-refractivity contribution in [3.05, 3.63) is 34.9 Å². The van der Waals surface area contributed by atoms with Gasteiger partial charge in [0.15, 0.2) is 0 Å². The van der Waals surface area contributed by atoms with E-state index in [1.54, 1.807) is 0 Å². The largest absolute Gasteiger partial charge is 0.380 e. The molecular formula is C15H25ClN2O. The van der Waals surface area contributed by atoms with Crippen LogP contribution in [0, 0.1) is 0 Å². The molecule has 0 aromatic heterocycles. The molecule has 1 aromatic rings. The minimum absolute atomic E-state index is 0.368. The zero-order valence-corrected chi connectivity index (χ0v) is 12.9. The van der Waals surface area contributed by atoms with Gasteiger partial charge in [0.2, 0.25) is 0 Å². The summed E-state index contributed by atoms with van der Waals surface area (Å²) in [4.78, 5) is 2.32. The molecular weight excluding hydrogens is 260 g/mol. The first-order valence-corrected chi connectivity index (χ1v) is 7.27. The third-order valence-corrected chi connectivity index (χ3v) is 3.50. The number of ether oxygens (including phenoxy) is 1. The Morgan fingerprint density at radius 2 is 2.16 bits per heavy atom. The maximum Gasteiger partial charge on any atom is 0.0590 e. The van der Waals surface area contributed by atoms with Crippen LogP contribution in [-0.4, -0.2) is 44.8 Å². The van der Waals surface area contributed by atoms with Crippen LogP contribution in [0.25, 0.3) is 0 Å². The summed E-state index contributed by atoms with van der Waals surface area (Å²) in [5.41, 5.74) is 1.25. The van der Waals surface area contributed by atoms with Gasteiger partial charge >= 0.3 is 0 Å². The minimum Gasteiger partial charge on any atom is -0.380 e. The van der Waals surface area contributed by atoms with Crippen LogP contribution in [0.15, 0.2) is 24.3 Å². The Morgan fingerprint density at radius 1 is 1.37 bits per heavy atom. The van der Waals surface area contributed by atoms with Crippen LogP contribution in [0.4, 0.5) is 0 Å². The molecule has 0 aliphatic carbocycles. The van der Waals surface area contributed by atoms with Gasteiger partial charge in [-0.05, 0) is 38.6 Å². The predicted octanol–water partition coefficient (Wildman–Crippen LogP) is 2.96. The SMILES string of the molecule is CCOCCNCCN(C)C(C)c1cccc(Cl)c1. The van der Waals surface area contributed by atoms with E-state index in [-0.39, 0.29) is 0 Å². The van der Waals surface area contributed by atoms with Crippen molar-refractivity contribution >= 4 is 11.6 Å². The standard InChI is InChI=1S/C15H25ClN2O/c1-4-19-11-9-17-8-10-18(3)13(2)14-6-5-7-15(16)12-14/h5-7,12-13,17H,4,8-11H2,1-3H3. The van der Waals surface area contributed by atoms with Crippen LogP contribution in [0.3, 0.4) is 0 Å². The van der Waals surface area contributed by atoms with Gasteiger partial charge < -0.3 is 10.1 Å². The molecule has 0 fully saturated rings. The first-order valence-electron chi connectivity index (χ1n) is 6.89. The lowest BCUT2D eigenvalue weighted by molar-refractivity contribution is 0.148. The number of rotatable bonds is 9. The molecule has 4 heteroatoms. The molecule has 1 N–H and O–H groups in total. The molecule has 0 amide bonds. The van der Waals surface area contributed by atoms with Crippen LogP contribution < -0.4 is 5.32 Å². The maximum atomic E-state index is 6.02. The minimum atomic E-state index is 0.368. The van der Waals surface area contributed by atoms with Gasteiger partial charge in [0, 0.05) is 37.3 Å². The van der Waals surface area contributed by atoms with Gasteiger partial charge in [-0.2, -0.15) is 0 Å². The van der Waals surface area contributed by atoms with Crippen molar-refractivity contribution in [3.63, 3.8) is 0 Å². The number of benzene rings is 1. The van der Waals surface area contributed by atoms with Gasteiger partial charge in [-0.1, -0.05) is 23.7 Å². The normalized spacial score (nSPS) is 12.9. The van der Waals surface area contributed by atoms with E-state index in [2.05, 4.69) is 30.3 Å². The number of nitrogens with zero attached hydrogens (tertiary/aromatic N) is 1. The van der Waals surface area contributed by atoms with E-state index >= 15 is 0 Å². The van der Waals surface area contributed by atoms with Gasteiger partial charge in [0.1, 0.15) is 0 Å². The summed E-state index contributed by atoms with van der Waals surface area (Å²) in [7, 11) is 2.13. The lowest BCUT2D eigenvalue weighted by Crippen LogP contribution is -2.32. The molecule has 0 spiro atoms. The van der Waals surface area contributed by atoms with Crippen molar-refractivity contribution in [2.75, 3.05) is 39.9 Å². The molecule has 0 saturated heterocycles. The number of halogens is 1. The zero-order valence-electron chi connectivity index (χ0n) is 12.2. The van der Waals surface area contributed by atoms with Gasteiger partial charge in [-0.3, -0.25) is 4.90 Å². The number of hydrogen-bond donors (Lipinski definition) is 1. The van der Waals surface area contributed by atoms with Crippen molar-refractivity contribution in [2.24, 2.45) is 0 Å². The number of hydrogen-bond acceptors (Lipinski definition) is 3. The fourth-order valence-electron chi connectivity index (χ4n) is 1.88. The summed E-state index contributed by atoms with van der Waals surface area (Å²) in [6.45, 7) is 8.66. The highest BCUT2D eigenvalue weighted by Gasteiger charge is 2.11. The average molecular weight is 285 g/mol. The quantitative estimate of drug-likeness (QED) is 0.706. The molecule has 3 nitrogen and oxygen atoms in total. The van der Waals surface area contributed by atoms with Crippen LogP contribution in [0.1, 0.15) is 25.5 Å². The molecule has 108 valence electrons. The molecule has 1 aromatic carbocycles. The van der Waals surface area contributed by atoms with Crippen molar-refractivity contribution < 1.29 is 4.74 Å². The second kappa shape index (κ2) is 9.32. The molecule has 0 aliphatic heterocycles. The van der Waals surface area contributed by atoms with Gasteiger partial charge in [-0.25, -0.2) is 0 Å². The number of likely N-dealkylation sites (N-methyl/N-ethyl adjacent to an activating group) is 1. The monoisotopic (exact) mass is 284 g/mol. The Hall–Kier alpha value is -0.610. The first-order chi connectivity index (χ1) is 9.15. The zero-order chi connectivity index (χ0) is 14.1. The molecule has 0 bridgehead atoms. The lowest BCUT2D eigenvalue weighted by atomic mass is 10.1. The van der Waals surface area contributed by atoms with E-state index in [4.69, 9.17) is 16.3 Å². The summed E-state index contributed by atoms with van der Waals surface area (Å²) < 4.78 is 5.28. The Morgan fingerprint density at radius 3 is 2.84 bits per heavy atom. The Kier molecular flexibility index (Phi) is 8.07. The summed E-state index contributed by atoms with van der Waals surface area (Å²) in [5.74, 6) is 0. The highest BCUT2D eigenvalue weighted by Crippen LogP contribution is 2.21. The molecule has 1 atom stereocenters. The third-order valence-electron chi connectivity index (χ3n) is 3.26. The maximum absolute atomic E-state index is 6.02. The molecule has 0 saturated carbocycles. The smallest absolute Gasteiger partial charge is 0.0590 e. The topological polar surface area (TPSA) is 24.5 Å². The second-order valence-electron chi connectivity index (χ2n) is 4.66. The van der Waals surface area contributed by atoms with E-state index in [1.807, 2.05) is 25.1 Å². The summed E-state index contributed by atoms with van der Waals surface area (Å²) in [6.07, 6.45) is 0. The van der Waals surface area contributed by atoms with Crippen molar-refractivity contribution in [1.29, 1.82) is 0 Å². The number of nitrogens with one attached hydrogen (secondary N) is 1. The van der Waals surface area contributed by atoms with E-state index < -0.39 is 0 Å². The van der Waals surface area contributed by atoms with Crippen LogP contribution >= 0.6 is 11.6 Å². The lowest BCUT2D eigenvalue weighted by Gasteiger charge is -2.25. The van der Waals surface area contributed by atoms with Crippen molar-refractivity contribution in [3.8, 4) is 0 Å². The van der Waals surface area contributed by atoms with Gasteiger partial charge in [0.05, 0.1) is 6.61 Å². The highest BCUT2D eigenvalue weighted by atomic mass is 35.5. The summed E-state index contributed by atoms with van der Waals surface area (Å²) in [5, 5.41) is 4.17. The Labute approximate surface area is 121 Å². The first kappa shape index (κ1) is 16.4. The van der Waals surface area contributed by atoms with E-state index in [1.165, 1.54) is 5.56 Å². The molecule has 0 heterocycles. The van der Waals surface area contributed by atoms with Crippen molar-refractivity contribution in [2.45, 2.75) is 19.9 Å². The highest BCUT2D eigenvalue weighted by molar-refractivity contribution is 6.30. The Bertz CT molecular complexity index is 360. The molecule has 1 rings (SSSR count). The molecule has 0 radical (unpaired) electrons. The third kappa shape index (κ3) is 6.39. The summed E-state index contributed by atoms with van der Waals surface area (Å²) in [6, 6.07) is 8.43. The Balaban J connectivity index is 2.27. The fourth-order valence-corrected chi connectivity index (χ4v) is 2.08. The van der Waals surface area contributed by atoms with Gasteiger partial charge in [-0.15, -0.1) is 0 Å². The molecule has 1 unspecified atom stereocenters. The molecule has 19 heavy (non-hydrogen) atoms. The van der Waals surface area contributed by atoms with Crippen LogP contribution in [0.2, 0.25) is 5.02 Å². The predicted molar refractivity (Wildman–Crippen MR) is 81.9 cm³/mol.